The Labute approximate surface area is 111 Å². The van der Waals surface area contributed by atoms with E-state index in [4.69, 9.17) is 5.11 Å². The molecule has 0 radical (unpaired) electrons. The molecule has 4 heteroatoms. The number of carbonyl (C=O) groups excluding carboxylic acids is 1. The standard InChI is InChI=1S/C13H18BrNO2/c1-10(16)3-8-13(17)15(2)9-11-4-6-12(14)7-5-11/h4-7,10,16H,3,8-9H2,1-2H3. The van der Waals surface area contributed by atoms with Crippen LogP contribution in [0.2, 0.25) is 0 Å². The zero-order valence-corrected chi connectivity index (χ0v) is 11.8. The number of amides is 1. The molecule has 0 aromatic heterocycles. The van der Waals surface area contributed by atoms with Crippen LogP contribution in [0.15, 0.2) is 28.7 Å². The maximum absolute atomic E-state index is 11.7. The van der Waals surface area contributed by atoms with E-state index in [-0.39, 0.29) is 5.91 Å². The maximum atomic E-state index is 11.7. The number of hydrogen-bond donors (Lipinski definition) is 1. The molecule has 0 aliphatic carbocycles. The first-order chi connectivity index (χ1) is 7.99. The zero-order chi connectivity index (χ0) is 12.8. The van der Waals surface area contributed by atoms with E-state index in [1.807, 2.05) is 24.3 Å². The fourth-order valence-corrected chi connectivity index (χ4v) is 1.74. The number of rotatable bonds is 5. The molecule has 3 nitrogen and oxygen atoms in total. The fraction of sp³-hybridized carbons (Fsp3) is 0.462. The summed E-state index contributed by atoms with van der Waals surface area (Å²) in [7, 11) is 1.78. The Kier molecular flexibility index (Phi) is 5.65. The number of nitrogens with zero attached hydrogens (tertiary/aromatic N) is 1. The van der Waals surface area contributed by atoms with Crippen molar-refractivity contribution in [3.63, 3.8) is 0 Å². The average Bonchev–Trinajstić information content (AvgIpc) is 2.28. The first-order valence-corrected chi connectivity index (χ1v) is 6.45. The molecule has 0 saturated heterocycles. The van der Waals surface area contributed by atoms with E-state index in [1.54, 1.807) is 18.9 Å². The Morgan fingerprint density at radius 3 is 2.53 bits per heavy atom. The maximum Gasteiger partial charge on any atom is 0.222 e. The van der Waals surface area contributed by atoms with E-state index in [0.29, 0.717) is 19.4 Å². The summed E-state index contributed by atoms with van der Waals surface area (Å²) in [5.74, 6) is 0.0637. The second kappa shape index (κ2) is 6.77. The normalized spacial score (nSPS) is 12.2. The predicted octanol–water partition coefficient (Wildman–Crippen LogP) is 2.57. The lowest BCUT2D eigenvalue weighted by molar-refractivity contribution is -0.131. The fourth-order valence-electron chi connectivity index (χ4n) is 1.48. The van der Waals surface area contributed by atoms with Gasteiger partial charge in [-0.25, -0.2) is 0 Å². The molecular weight excluding hydrogens is 282 g/mol. The second-order valence-electron chi connectivity index (χ2n) is 4.26. The third-order valence-corrected chi connectivity index (χ3v) is 3.06. The van der Waals surface area contributed by atoms with Crippen molar-refractivity contribution in [1.29, 1.82) is 0 Å². The molecule has 0 aliphatic rings. The highest BCUT2D eigenvalue weighted by Gasteiger charge is 2.10. The largest absolute Gasteiger partial charge is 0.393 e. The summed E-state index contributed by atoms with van der Waals surface area (Å²) in [6.07, 6.45) is 0.494. The molecule has 1 aromatic carbocycles. The molecule has 0 spiro atoms. The molecule has 1 unspecified atom stereocenters. The minimum atomic E-state index is -0.417. The van der Waals surface area contributed by atoms with Gasteiger partial charge in [0.1, 0.15) is 0 Å². The Hall–Kier alpha value is -0.870. The summed E-state index contributed by atoms with van der Waals surface area (Å²) in [6.45, 7) is 2.30. The summed E-state index contributed by atoms with van der Waals surface area (Å²) < 4.78 is 1.03. The van der Waals surface area contributed by atoms with Crippen molar-refractivity contribution in [2.45, 2.75) is 32.4 Å². The zero-order valence-electron chi connectivity index (χ0n) is 10.2. The van der Waals surface area contributed by atoms with Crippen molar-refractivity contribution in [3.05, 3.63) is 34.3 Å². The van der Waals surface area contributed by atoms with E-state index in [0.717, 1.165) is 10.0 Å². The molecule has 1 amide bonds. The number of halogens is 1. The number of carbonyl (C=O) groups is 1. The minimum Gasteiger partial charge on any atom is -0.393 e. The molecule has 1 rings (SSSR count). The van der Waals surface area contributed by atoms with Gasteiger partial charge in [0, 0.05) is 24.5 Å². The molecule has 1 N–H and O–H groups in total. The van der Waals surface area contributed by atoms with Gasteiger partial charge in [-0.2, -0.15) is 0 Å². The highest BCUT2D eigenvalue weighted by atomic mass is 79.9. The van der Waals surface area contributed by atoms with Crippen LogP contribution >= 0.6 is 15.9 Å². The van der Waals surface area contributed by atoms with Crippen LogP contribution in [0, 0.1) is 0 Å². The molecule has 0 saturated carbocycles. The van der Waals surface area contributed by atoms with E-state index in [9.17, 15) is 4.79 Å². The van der Waals surface area contributed by atoms with Crippen LogP contribution < -0.4 is 0 Å². The quantitative estimate of drug-likeness (QED) is 0.908. The van der Waals surface area contributed by atoms with E-state index < -0.39 is 6.10 Å². The highest BCUT2D eigenvalue weighted by molar-refractivity contribution is 9.10. The lowest BCUT2D eigenvalue weighted by atomic mass is 10.2. The molecule has 0 bridgehead atoms. The average molecular weight is 300 g/mol. The summed E-state index contributed by atoms with van der Waals surface area (Å²) >= 11 is 3.37. The first kappa shape index (κ1) is 14.2. The van der Waals surface area contributed by atoms with Gasteiger partial charge in [-0.05, 0) is 31.0 Å². The van der Waals surface area contributed by atoms with Crippen molar-refractivity contribution < 1.29 is 9.90 Å². The number of benzene rings is 1. The Balaban J connectivity index is 2.45. The van der Waals surface area contributed by atoms with Crippen LogP contribution in [0.1, 0.15) is 25.3 Å². The van der Waals surface area contributed by atoms with E-state index in [2.05, 4.69) is 15.9 Å². The van der Waals surface area contributed by atoms with Crippen LogP contribution in [0.5, 0.6) is 0 Å². The van der Waals surface area contributed by atoms with Crippen LogP contribution in [-0.4, -0.2) is 29.1 Å². The Morgan fingerprint density at radius 1 is 1.41 bits per heavy atom. The van der Waals surface area contributed by atoms with Gasteiger partial charge in [-0.1, -0.05) is 28.1 Å². The number of hydrogen-bond acceptors (Lipinski definition) is 2. The van der Waals surface area contributed by atoms with Crippen molar-refractivity contribution in [2.75, 3.05) is 7.05 Å². The summed E-state index contributed by atoms with van der Waals surface area (Å²) in [4.78, 5) is 13.4. The first-order valence-electron chi connectivity index (χ1n) is 5.65. The molecule has 0 heterocycles. The van der Waals surface area contributed by atoms with Gasteiger partial charge in [-0.15, -0.1) is 0 Å². The van der Waals surface area contributed by atoms with Gasteiger partial charge in [0.15, 0.2) is 0 Å². The molecule has 17 heavy (non-hydrogen) atoms. The monoisotopic (exact) mass is 299 g/mol. The third-order valence-electron chi connectivity index (χ3n) is 2.53. The third kappa shape index (κ3) is 5.33. The van der Waals surface area contributed by atoms with Gasteiger partial charge in [0.25, 0.3) is 0 Å². The minimum absolute atomic E-state index is 0.0637. The van der Waals surface area contributed by atoms with Crippen LogP contribution in [-0.2, 0) is 11.3 Å². The van der Waals surface area contributed by atoms with Crippen molar-refractivity contribution in [1.82, 2.24) is 4.90 Å². The lowest BCUT2D eigenvalue weighted by Gasteiger charge is -2.17. The SMILES string of the molecule is CC(O)CCC(=O)N(C)Cc1ccc(Br)cc1. The highest BCUT2D eigenvalue weighted by Crippen LogP contribution is 2.12. The molecule has 94 valence electrons. The molecule has 1 atom stereocenters. The van der Waals surface area contributed by atoms with Crippen LogP contribution in [0.4, 0.5) is 0 Å². The smallest absolute Gasteiger partial charge is 0.222 e. The van der Waals surface area contributed by atoms with Crippen molar-refractivity contribution >= 4 is 21.8 Å². The number of aliphatic hydroxyl groups is 1. The summed E-state index contributed by atoms with van der Waals surface area (Å²) in [5, 5.41) is 9.13. The van der Waals surface area contributed by atoms with Crippen LogP contribution in [0.25, 0.3) is 0 Å². The summed E-state index contributed by atoms with van der Waals surface area (Å²) in [5.41, 5.74) is 1.10. The topological polar surface area (TPSA) is 40.5 Å². The second-order valence-corrected chi connectivity index (χ2v) is 5.18. The van der Waals surface area contributed by atoms with Crippen LogP contribution in [0.3, 0.4) is 0 Å². The van der Waals surface area contributed by atoms with E-state index >= 15 is 0 Å². The lowest BCUT2D eigenvalue weighted by Crippen LogP contribution is -2.26. The molecule has 0 aliphatic heterocycles. The molecule has 1 aromatic rings. The van der Waals surface area contributed by atoms with Crippen molar-refractivity contribution in [2.24, 2.45) is 0 Å². The molecule has 0 fully saturated rings. The van der Waals surface area contributed by atoms with Gasteiger partial charge in [0.2, 0.25) is 5.91 Å². The number of aliphatic hydroxyl groups excluding tert-OH is 1. The van der Waals surface area contributed by atoms with E-state index in [1.165, 1.54) is 0 Å². The molecular formula is C13H18BrNO2. The Morgan fingerprint density at radius 2 is 2.00 bits per heavy atom. The summed E-state index contributed by atoms with van der Waals surface area (Å²) in [6, 6.07) is 7.90. The van der Waals surface area contributed by atoms with Crippen molar-refractivity contribution in [3.8, 4) is 0 Å². The van der Waals surface area contributed by atoms with Gasteiger partial charge >= 0.3 is 0 Å². The Bertz CT molecular complexity index is 362. The van der Waals surface area contributed by atoms with Gasteiger partial charge in [0.05, 0.1) is 6.10 Å². The van der Waals surface area contributed by atoms with Gasteiger partial charge < -0.3 is 10.0 Å². The van der Waals surface area contributed by atoms with Gasteiger partial charge in [-0.3, -0.25) is 4.79 Å². The predicted molar refractivity (Wildman–Crippen MR) is 71.5 cm³/mol.